The molecule has 1 fully saturated rings. The molecular formula is C11H20N2S2. The lowest BCUT2D eigenvalue weighted by Gasteiger charge is -2.15. The van der Waals surface area contributed by atoms with E-state index in [4.69, 9.17) is 0 Å². The highest BCUT2D eigenvalue weighted by Gasteiger charge is 2.42. The predicted octanol–water partition coefficient (Wildman–Crippen LogP) is 2.60. The Labute approximate surface area is 101 Å². The van der Waals surface area contributed by atoms with Gasteiger partial charge in [-0.05, 0) is 25.0 Å². The van der Waals surface area contributed by atoms with Crippen molar-refractivity contribution in [3.63, 3.8) is 0 Å². The Bertz CT molecular complexity index is 259. The second-order valence-electron chi connectivity index (χ2n) is 4.79. The molecule has 15 heavy (non-hydrogen) atoms. The zero-order valence-corrected chi connectivity index (χ0v) is 11.4. The molecule has 4 heteroatoms. The first-order valence-corrected chi connectivity index (χ1v) is 7.76. The van der Waals surface area contributed by atoms with Crippen LogP contribution in [-0.4, -0.2) is 34.5 Å². The summed E-state index contributed by atoms with van der Waals surface area (Å²) in [7, 11) is 0. The van der Waals surface area contributed by atoms with Crippen molar-refractivity contribution in [2.24, 2.45) is 10.9 Å². The lowest BCUT2D eigenvalue weighted by molar-refractivity contribution is 0.621. The summed E-state index contributed by atoms with van der Waals surface area (Å²) in [4.78, 5) is 4.56. The first kappa shape index (κ1) is 11.6. The summed E-state index contributed by atoms with van der Waals surface area (Å²) < 4.78 is 0.541. The molecule has 1 unspecified atom stereocenters. The molecule has 0 aromatic heterocycles. The molecule has 2 rings (SSSR count). The van der Waals surface area contributed by atoms with Gasteiger partial charge in [0.25, 0.3) is 0 Å². The highest BCUT2D eigenvalue weighted by atomic mass is 32.2. The van der Waals surface area contributed by atoms with E-state index >= 15 is 0 Å². The molecule has 1 atom stereocenters. The van der Waals surface area contributed by atoms with Crippen molar-refractivity contribution in [2.45, 2.75) is 36.7 Å². The van der Waals surface area contributed by atoms with Crippen LogP contribution in [0, 0.1) is 5.92 Å². The fraction of sp³-hybridized carbons (Fsp3) is 0.909. The summed E-state index contributed by atoms with van der Waals surface area (Å²) >= 11 is 3.93. The summed E-state index contributed by atoms with van der Waals surface area (Å²) in [6.07, 6.45) is 4.95. The first-order valence-electron chi connectivity index (χ1n) is 5.65. The summed E-state index contributed by atoms with van der Waals surface area (Å²) in [5, 5.41) is 5.38. The summed E-state index contributed by atoms with van der Waals surface area (Å²) in [6, 6.07) is 0. The quantitative estimate of drug-likeness (QED) is 0.822. The third-order valence-electron chi connectivity index (χ3n) is 3.22. The molecule has 0 aromatic rings. The minimum atomic E-state index is 0.541. The molecule has 1 saturated carbocycles. The molecule has 0 amide bonds. The Morgan fingerprint density at radius 1 is 1.60 bits per heavy atom. The third-order valence-corrected chi connectivity index (χ3v) is 6.14. The van der Waals surface area contributed by atoms with Crippen LogP contribution in [0.5, 0.6) is 0 Å². The number of nitrogens with zero attached hydrogens (tertiary/aromatic N) is 1. The minimum absolute atomic E-state index is 0.541. The largest absolute Gasteiger partial charge is 0.364 e. The van der Waals surface area contributed by atoms with Crippen molar-refractivity contribution >= 4 is 28.7 Å². The highest BCUT2D eigenvalue weighted by molar-refractivity contribution is 8.14. The third kappa shape index (κ3) is 2.84. The van der Waals surface area contributed by atoms with Crippen molar-refractivity contribution in [1.29, 1.82) is 0 Å². The summed E-state index contributed by atoms with van der Waals surface area (Å²) in [5.74, 6) is 0.730. The minimum Gasteiger partial charge on any atom is -0.364 e. The van der Waals surface area contributed by atoms with Gasteiger partial charge in [-0.2, -0.15) is 11.8 Å². The fourth-order valence-electron chi connectivity index (χ4n) is 1.66. The van der Waals surface area contributed by atoms with Crippen LogP contribution in [0.1, 0.15) is 26.7 Å². The molecule has 1 heterocycles. The summed E-state index contributed by atoms with van der Waals surface area (Å²) in [5.41, 5.74) is 0. The molecule has 2 nitrogen and oxygen atoms in total. The van der Waals surface area contributed by atoms with Gasteiger partial charge in [-0.3, -0.25) is 4.99 Å². The zero-order chi connectivity index (χ0) is 10.9. The maximum absolute atomic E-state index is 4.56. The fourth-order valence-corrected chi connectivity index (χ4v) is 3.40. The van der Waals surface area contributed by atoms with Gasteiger partial charge in [0.1, 0.15) is 0 Å². The van der Waals surface area contributed by atoms with Crippen molar-refractivity contribution in [3.8, 4) is 0 Å². The van der Waals surface area contributed by atoms with Crippen LogP contribution in [0.4, 0.5) is 0 Å². The van der Waals surface area contributed by atoms with E-state index in [0.717, 1.165) is 19.0 Å². The number of thioether (sulfide) groups is 2. The molecule has 0 saturated heterocycles. The highest BCUT2D eigenvalue weighted by Crippen LogP contribution is 2.46. The van der Waals surface area contributed by atoms with Gasteiger partial charge >= 0.3 is 0 Å². The lowest BCUT2D eigenvalue weighted by atomic mass is 10.1. The van der Waals surface area contributed by atoms with E-state index in [1.165, 1.54) is 18.0 Å². The molecule has 0 aromatic carbocycles. The van der Waals surface area contributed by atoms with E-state index in [1.807, 2.05) is 23.5 Å². The smallest absolute Gasteiger partial charge is 0.156 e. The van der Waals surface area contributed by atoms with Crippen LogP contribution in [0.3, 0.4) is 0 Å². The average molecular weight is 244 g/mol. The number of hydrogen-bond acceptors (Lipinski definition) is 4. The molecule has 0 radical (unpaired) electrons. The molecule has 86 valence electrons. The van der Waals surface area contributed by atoms with Gasteiger partial charge in [0.15, 0.2) is 5.17 Å². The Morgan fingerprint density at radius 3 is 2.80 bits per heavy atom. The van der Waals surface area contributed by atoms with E-state index in [-0.39, 0.29) is 0 Å². The molecular weight excluding hydrogens is 224 g/mol. The standard InChI is InChI=1S/C11H20N2S2/c1-8(2)9-6-12-10(15-9)13-7-11(14-3)4-5-11/h8-9H,4-7H2,1-3H3,(H,12,13). The second kappa shape index (κ2) is 4.58. The number of aliphatic imine (C=N–C) groups is 1. The van der Waals surface area contributed by atoms with E-state index in [0.29, 0.717) is 10.00 Å². The monoisotopic (exact) mass is 244 g/mol. The van der Waals surface area contributed by atoms with Crippen molar-refractivity contribution in [2.75, 3.05) is 19.3 Å². The van der Waals surface area contributed by atoms with Gasteiger partial charge in [-0.15, -0.1) is 0 Å². The van der Waals surface area contributed by atoms with E-state index < -0.39 is 0 Å². The van der Waals surface area contributed by atoms with E-state index in [9.17, 15) is 0 Å². The van der Waals surface area contributed by atoms with Crippen molar-refractivity contribution in [3.05, 3.63) is 0 Å². The topological polar surface area (TPSA) is 24.4 Å². The molecule has 1 aliphatic heterocycles. The average Bonchev–Trinajstić information content (AvgIpc) is 2.85. The Hall–Kier alpha value is 0.170. The summed E-state index contributed by atoms with van der Waals surface area (Å²) in [6.45, 7) is 6.66. The second-order valence-corrected chi connectivity index (χ2v) is 7.29. The number of rotatable bonds is 4. The Kier molecular flexibility index (Phi) is 3.56. The van der Waals surface area contributed by atoms with Crippen LogP contribution < -0.4 is 5.32 Å². The van der Waals surface area contributed by atoms with Gasteiger partial charge in [-0.25, -0.2) is 0 Å². The Balaban J connectivity index is 1.73. The predicted molar refractivity (Wildman–Crippen MR) is 72.0 cm³/mol. The van der Waals surface area contributed by atoms with E-state index in [1.54, 1.807) is 0 Å². The maximum Gasteiger partial charge on any atom is 0.156 e. The van der Waals surface area contributed by atoms with Gasteiger partial charge in [-0.1, -0.05) is 25.6 Å². The van der Waals surface area contributed by atoms with Crippen LogP contribution in [0.25, 0.3) is 0 Å². The molecule has 1 N–H and O–H groups in total. The Morgan fingerprint density at radius 2 is 2.33 bits per heavy atom. The van der Waals surface area contributed by atoms with Gasteiger partial charge in [0, 0.05) is 16.5 Å². The van der Waals surface area contributed by atoms with Crippen LogP contribution in [0.15, 0.2) is 4.99 Å². The molecule has 2 aliphatic rings. The SMILES string of the molecule is CSC1(CNC2=NCC(C(C)C)S2)CC1. The first-order chi connectivity index (χ1) is 7.15. The lowest BCUT2D eigenvalue weighted by Crippen LogP contribution is -2.29. The van der Waals surface area contributed by atoms with Gasteiger partial charge in [0.2, 0.25) is 0 Å². The van der Waals surface area contributed by atoms with Gasteiger partial charge in [0.05, 0.1) is 6.54 Å². The van der Waals surface area contributed by atoms with Crippen molar-refractivity contribution in [1.82, 2.24) is 5.32 Å². The molecule has 0 bridgehead atoms. The maximum atomic E-state index is 4.56. The van der Waals surface area contributed by atoms with Crippen LogP contribution >= 0.6 is 23.5 Å². The molecule has 1 aliphatic carbocycles. The zero-order valence-electron chi connectivity index (χ0n) is 9.75. The molecule has 0 spiro atoms. The van der Waals surface area contributed by atoms with Crippen LogP contribution in [0.2, 0.25) is 0 Å². The van der Waals surface area contributed by atoms with Gasteiger partial charge < -0.3 is 5.32 Å². The normalized spacial score (nSPS) is 28.0. The number of nitrogens with one attached hydrogen (secondary N) is 1. The van der Waals surface area contributed by atoms with Crippen molar-refractivity contribution < 1.29 is 0 Å². The number of hydrogen-bond donors (Lipinski definition) is 1. The van der Waals surface area contributed by atoms with E-state index in [2.05, 4.69) is 30.4 Å². The van der Waals surface area contributed by atoms with Crippen LogP contribution in [-0.2, 0) is 0 Å². The number of amidine groups is 1.